The van der Waals surface area contributed by atoms with Crippen molar-refractivity contribution in [1.82, 2.24) is 0 Å². The van der Waals surface area contributed by atoms with Crippen molar-refractivity contribution in [2.45, 2.75) is 31.7 Å². The molecule has 0 fully saturated rings. The number of rotatable bonds is 4. The summed E-state index contributed by atoms with van der Waals surface area (Å²) in [5.41, 5.74) is 5.51. The van der Waals surface area contributed by atoms with E-state index in [4.69, 9.17) is 5.73 Å². The van der Waals surface area contributed by atoms with Gasteiger partial charge in [-0.25, -0.2) is 8.78 Å². The Balaban J connectivity index is 2.66. The lowest BCUT2D eigenvalue weighted by atomic mass is 10.0. The molecule has 0 aliphatic rings. The summed E-state index contributed by atoms with van der Waals surface area (Å²) in [5, 5.41) is 0. The minimum atomic E-state index is -2.76. The quantitative estimate of drug-likeness (QED) is 0.792. The van der Waals surface area contributed by atoms with E-state index in [2.05, 4.69) is 0 Å². The summed E-state index contributed by atoms with van der Waals surface area (Å²) in [7, 11) is 0. The molecule has 0 radical (unpaired) electrons. The molecule has 0 amide bonds. The van der Waals surface area contributed by atoms with Gasteiger partial charge in [-0.3, -0.25) is 0 Å². The van der Waals surface area contributed by atoms with E-state index in [-0.39, 0.29) is 18.0 Å². The number of halogens is 2. The predicted molar refractivity (Wildman–Crippen MR) is 53.2 cm³/mol. The van der Waals surface area contributed by atoms with Gasteiger partial charge < -0.3 is 5.73 Å². The second kappa shape index (κ2) is 4.51. The molecule has 14 heavy (non-hydrogen) atoms. The van der Waals surface area contributed by atoms with Crippen molar-refractivity contribution >= 4 is 0 Å². The SMILES string of the molecule is C[C@@H](N)CCC(F)(F)c1ccccc1. The molecule has 1 aromatic carbocycles. The van der Waals surface area contributed by atoms with Gasteiger partial charge in [0.15, 0.2) is 0 Å². The molecule has 3 heteroatoms. The fourth-order valence-corrected chi connectivity index (χ4v) is 1.24. The first-order valence-corrected chi connectivity index (χ1v) is 4.71. The molecule has 1 rings (SSSR count). The highest BCUT2D eigenvalue weighted by molar-refractivity contribution is 5.19. The van der Waals surface area contributed by atoms with Crippen molar-refractivity contribution in [2.75, 3.05) is 0 Å². The zero-order chi connectivity index (χ0) is 10.6. The Hall–Kier alpha value is -0.960. The standard InChI is InChI=1S/C11H15F2N/c1-9(14)7-8-11(12,13)10-5-3-2-4-6-10/h2-6,9H,7-8,14H2,1H3/t9-/m1/s1. The van der Waals surface area contributed by atoms with Crippen LogP contribution in [-0.4, -0.2) is 6.04 Å². The van der Waals surface area contributed by atoms with Gasteiger partial charge in [0.2, 0.25) is 0 Å². The number of nitrogens with two attached hydrogens (primary N) is 1. The van der Waals surface area contributed by atoms with E-state index in [1.54, 1.807) is 25.1 Å². The molecule has 0 saturated heterocycles. The maximum absolute atomic E-state index is 13.5. The lowest BCUT2D eigenvalue weighted by molar-refractivity contribution is -0.0164. The van der Waals surface area contributed by atoms with Crippen LogP contribution in [0.4, 0.5) is 8.78 Å². The average Bonchev–Trinajstić information content (AvgIpc) is 2.16. The van der Waals surface area contributed by atoms with Crippen LogP contribution in [0, 0.1) is 0 Å². The summed E-state index contributed by atoms with van der Waals surface area (Å²) in [6, 6.07) is 7.68. The molecule has 0 unspecified atom stereocenters. The summed E-state index contributed by atoms with van der Waals surface area (Å²) >= 11 is 0. The second-order valence-corrected chi connectivity index (χ2v) is 3.59. The Morgan fingerprint density at radius 2 is 1.86 bits per heavy atom. The van der Waals surface area contributed by atoms with Gasteiger partial charge >= 0.3 is 0 Å². The van der Waals surface area contributed by atoms with E-state index in [0.717, 1.165) is 0 Å². The van der Waals surface area contributed by atoms with Crippen LogP contribution in [0.25, 0.3) is 0 Å². The third kappa shape index (κ3) is 3.07. The summed E-state index contributed by atoms with van der Waals surface area (Å²) in [6.45, 7) is 1.74. The molecule has 0 spiro atoms. The van der Waals surface area contributed by atoms with Crippen molar-refractivity contribution in [1.29, 1.82) is 0 Å². The maximum Gasteiger partial charge on any atom is 0.273 e. The van der Waals surface area contributed by atoms with Gasteiger partial charge in [0.05, 0.1) is 0 Å². The first-order chi connectivity index (χ1) is 6.52. The van der Waals surface area contributed by atoms with Crippen molar-refractivity contribution in [3.05, 3.63) is 35.9 Å². The molecule has 1 atom stereocenters. The molecule has 0 aliphatic carbocycles. The highest BCUT2D eigenvalue weighted by Gasteiger charge is 2.30. The van der Waals surface area contributed by atoms with Gasteiger partial charge in [0.25, 0.3) is 5.92 Å². The summed E-state index contributed by atoms with van der Waals surface area (Å²) < 4.78 is 26.9. The van der Waals surface area contributed by atoms with E-state index < -0.39 is 5.92 Å². The van der Waals surface area contributed by atoms with E-state index in [1.807, 2.05) is 0 Å². The first kappa shape index (κ1) is 11.1. The Morgan fingerprint density at radius 1 is 1.29 bits per heavy atom. The van der Waals surface area contributed by atoms with Gasteiger partial charge in [-0.1, -0.05) is 30.3 Å². The molecular weight excluding hydrogens is 184 g/mol. The Bertz CT molecular complexity index is 270. The van der Waals surface area contributed by atoms with Gasteiger partial charge in [-0.15, -0.1) is 0 Å². The zero-order valence-corrected chi connectivity index (χ0v) is 8.21. The van der Waals surface area contributed by atoms with Crippen molar-refractivity contribution in [3.63, 3.8) is 0 Å². The van der Waals surface area contributed by atoms with Crippen molar-refractivity contribution < 1.29 is 8.78 Å². The zero-order valence-electron chi connectivity index (χ0n) is 8.21. The molecule has 0 bridgehead atoms. The summed E-state index contributed by atoms with van der Waals surface area (Å²) in [4.78, 5) is 0. The largest absolute Gasteiger partial charge is 0.328 e. The van der Waals surface area contributed by atoms with Crippen LogP contribution in [0.2, 0.25) is 0 Å². The van der Waals surface area contributed by atoms with Gasteiger partial charge in [0, 0.05) is 18.0 Å². The molecule has 0 heterocycles. The third-order valence-electron chi connectivity index (χ3n) is 2.11. The van der Waals surface area contributed by atoms with E-state index in [0.29, 0.717) is 6.42 Å². The van der Waals surface area contributed by atoms with Gasteiger partial charge in [-0.05, 0) is 13.3 Å². The fourth-order valence-electron chi connectivity index (χ4n) is 1.24. The third-order valence-corrected chi connectivity index (χ3v) is 2.11. The van der Waals surface area contributed by atoms with Crippen molar-refractivity contribution in [2.24, 2.45) is 5.73 Å². The normalized spacial score (nSPS) is 14.0. The van der Waals surface area contributed by atoms with E-state index in [9.17, 15) is 8.78 Å². The smallest absolute Gasteiger partial charge is 0.273 e. The van der Waals surface area contributed by atoms with Gasteiger partial charge in [-0.2, -0.15) is 0 Å². The predicted octanol–water partition coefficient (Wildman–Crippen LogP) is 2.91. The number of hydrogen-bond donors (Lipinski definition) is 1. The summed E-state index contributed by atoms with van der Waals surface area (Å²) in [5.74, 6) is -2.76. The lowest BCUT2D eigenvalue weighted by Crippen LogP contribution is -2.20. The van der Waals surface area contributed by atoms with Crippen LogP contribution in [-0.2, 0) is 5.92 Å². The minimum Gasteiger partial charge on any atom is -0.328 e. The van der Waals surface area contributed by atoms with Gasteiger partial charge in [0.1, 0.15) is 0 Å². The molecule has 2 N–H and O–H groups in total. The molecule has 0 saturated carbocycles. The van der Waals surface area contributed by atoms with E-state index >= 15 is 0 Å². The second-order valence-electron chi connectivity index (χ2n) is 3.59. The van der Waals surface area contributed by atoms with Crippen LogP contribution in [0.3, 0.4) is 0 Å². The molecule has 0 aromatic heterocycles. The molecule has 1 aromatic rings. The van der Waals surface area contributed by atoms with Crippen LogP contribution in [0.15, 0.2) is 30.3 Å². The minimum absolute atomic E-state index is 0.0700. The Morgan fingerprint density at radius 3 is 2.36 bits per heavy atom. The van der Waals surface area contributed by atoms with Crippen LogP contribution >= 0.6 is 0 Å². The lowest BCUT2D eigenvalue weighted by Gasteiger charge is -2.17. The topological polar surface area (TPSA) is 26.0 Å². The summed E-state index contributed by atoms with van der Waals surface area (Å²) in [6.07, 6.45) is 0.149. The highest BCUT2D eigenvalue weighted by atomic mass is 19.3. The maximum atomic E-state index is 13.5. The number of alkyl halides is 2. The molecule has 78 valence electrons. The number of benzene rings is 1. The Labute approximate surface area is 82.9 Å². The average molecular weight is 199 g/mol. The molecule has 0 aliphatic heterocycles. The first-order valence-electron chi connectivity index (χ1n) is 4.71. The van der Waals surface area contributed by atoms with E-state index in [1.165, 1.54) is 12.1 Å². The van der Waals surface area contributed by atoms with Crippen LogP contribution < -0.4 is 5.73 Å². The van der Waals surface area contributed by atoms with Crippen LogP contribution in [0.5, 0.6) is 0 Å². The Kier molecular flexibility index (Phi) is 3.58. The molecule has 1 nitrogen and oxygen atoms in total. The van der Waals surface area contributed by atoms with Crippen LogP contribution in [0.1, 0.15) is 25.3 Å². The monoisotopic (exact) mass is 199 g/mol. The molecular formula is C11H15F2N. The number of hydrogen-bond acceptors (Lipinski definition) is 1. The highest BCUT2D eigenvalue weighted by Crippen LogP contribution is 2.32. The fraction of sp³-hybridized carbons (Fsp3) is 0.455. The van der Waals surface area contributed by atoms with Crippen molar-refractivity contribution in [3.8, 4) is 0 Å².